The summed E-state index contributed by atoms with van der Waals surface area (Å²) in [4.78, 5) is 24.9. The van der Waals surface area contributed by atoms with Gasteiger partial charge in [-0.3, -0.25) is 4.79 Å². The summed E-state index contributed by atoms with van der Waals surface area (Å²) in [5, 5.41) is 0. The number of hydrogen-bond acceptors (Lipinski definition) is 2. The Labute approximate surface area is 135 Å². The number of nitrogens with zero attached hydrogens (tertiary/aromatic N) is 2. The Bertz CT molecular complexity index is 654. The van der Waals surface area contributed by atoms with E-state index in [9.17, 15) is 9.59 Å². The van der Waals surface area contributed by atoms with Crippen LogP contribution in [0.5, 0.6) is 0 Å². The Balaban J connectivity index is 2.32. The smallest absolute Gasteiger partial charge is 0.270 e. The highest BCUT2D eigenvalue weighted by molar-refractivity contribution is 9.08. The van der Waals surface area contributed by atoms with E-state index in [2.05, 4.69) is 16.1 Å². The molecule has 0 unspecified atom stereocenters. The number of urea groups is 1. The van der Waals surface area contributed by atoms with Crippen LogP contribution in [0.3, 0.4) is 0 Å². The second-order valence-electron chi connectivity index (χ2n) is 4.59. The van der Waals surface area contributed by atoms with Crippen LogP contribution in [0.1, 0.15) is 11.1 Å². The largest absolute Gasteiger partial charge is 0.353 e. The van der Waals surface area contributed by atoms with Crippen molar-refractivity contribution in [3.63, 3.8) is 0 Å². The molecule has 0 N–H and O–H groups in total. The molecule has 21 heavy (non-hydrogen) atoms. The van der Waals surface area contributed by atoms with Crippen LogP contribution in [-0.2, 0) is 10.3 Å². The van der Waals surface area contributed by atoms with Crippen molar-refractivity contribution >= 4 is 39.9 Å². The summed E-state index contributed by atoms with van der Waals surface area (Å²) < 4.78 is 1.80. The molecule has 3 rings (SSSR count). The van der Waals surface area contributed by atoms with E-state index in [0.717, 1.165) is 8.34 Å². The third-order valence-corrected chi connectivity index (χ3v) is 4.52. The third kappa shape index (κ3) is 1.88. The first kappa shape index (κ1) is 14.1. The second-order valence-corrected chi connectivity index (χ2v) is 5.64. The predicted molar refractivity (Wildman–Crippen MR) is 82.5 cm³/mol. The molecule has 106 valence electrons. The number of carbonyl (C=O) groups excluding carboxylic acids is 2. The number of benzene rings is 2. The summed E-state index contributed by atoms with van der Waals surface area (Å²) in [5.41, 5.74) is -0.108. The summed E-state index contributed by atoms with van der Waals surface area (Å²) in [7, 11) is 0. The van der Waals surface area contributed by atoms with Crippen LogP contribution < -0.4 is 0 Å². The molecular formula is C15H10BrClN2O2. The highest BCUT2D eigenvalue weighted by atomic mass is 79.9. The van der Waals surface area contributed by atoms with Gasteiger partial charge in [-0.25, -0.2) is 9.21 Å². The van der Waals surface area contributed by atoms with Gasteiger partial charge in [-0.15, -0.1) is 0 Å². The molecule has 0 aromatic heterocycles. The molecule has 4 nitrogen and oxygen atoms in total. The van der Waals surface area contributed by atoms with Crippen molar-refractivity contribution in [1.29, 1.82) is 0 Å². The highest BCUT2D eigenvalue weighted by Gasteiger charge is 2.59. The monoisotopic (exact) mass is 364 g/mol. The molecule has 6 heteroatoms. The Morgan fingerprint density at radius 3 is 1.62 bits per heavy atom. The first-order valence-corrected chi connectivity index (χ1v) is 7.26. The van der Waals surface area contributed by atoms with Crippen molar-refractivity contribution in [2.75, 3.05) is 0 Å². The number of hydrogen-bond donors (Lipinski definition) is 0. The predicted octanol–water partition coefficient (Wildman–Crippen LogP) is 3.66. The molecule has 1 aliphatic rings. The standard InChI is InChI=1S/C15H10BrClN2O2/c16-18-13(20)15(19(17)14(18)21,11-7-3-1-4-8-11)12-9-5-2-6-10-12/h1-10H. The van der Waals surface area contributed by atoms with Crippen LogP contribution in [0.4, 0.5) is 4.79 Å². The van der Waals surface area contributed by atoms with Crippen molar-refractivity contribution in [2.45, 2.75) is 5.54 Å². The van der Waals surface area contributed by atoms with Crippen molar-refractivity contribution in [3.05, 3.63) is 71.8 Å². The first-order valence-electron chi connectivity index (χ1n) is 6.21. The molecule has 2 aromatic carbocycles. The quantitative estimate of drug-likeness (QED) is 0.602. The molecule has 0 spiro atoms. The number of carbonyl (C=O) groups is 2. The molecule has 1 fully saturated rings. The van der Waals surface area contributed by atoms with Gasteiger partial charge in [-0.1, -0.05) is 60.7 Å². The Morgan fingerprint density at radius 2 is 1.29 bits per heavy atom. The van der Waals surface area contributed by atoms with Crippen molar-refractivity contribution in [2.24, 2.45) is 0 Å². The van der Waals surface area contributed by atoms with Crippen molar-refractivity contribution < 1.29 is 9.59 Å². The molecule has 3 amide bonds. The molecule has 1 heterocycles. The van der Waals surface area contributed by atoms with Gasteiger partial charge in [-0.2, -0.15) is 3.93 Å². The van der Waals surface area contributed by atoms with Gasteiger partial charge in [0.1, 0.15) is 0 Å². The van der Waals surface area contributed by atoms with E-state index in [4.69, 9.17) is 11.8 Å². The summed E-state index contributed by atoms with van der Waals surface area (Å²) in [6, 6.07) is 17.4. The fourth-order valence-electron chi connectivity index (χ4n) is 2.53. The molecule has 1 saturated heterocycles. The van der Waals surface area contributed by atoms with E-state index in [0.29, 0.717) is 11.1 Å². The molecule has 2 aromatic rings. The highest BCUT2D eigenvalue weighted by Crippen LogP contribution is 2.45. The van der Waals surface area contributed by atoms with Crippen LogP contribution in [0.25, 0.3) is 0 Å². The SMILES string of the molecule is O=C1N(Br)C(=O)C(c2ccccc2)(c2ccccc2)N1Cl. The summed E-state index contributed by atoms with van der Waals surface area (Å²) in [6.07, 6.45) is 0. The normalized spacial score (nSPS) is 17.4. The number of rotatable bonds is 2. The maximum absolute atomic E-state index is 12.8. The van der Waals surface area contributed by atoms with Gasteiger partial charge < -0.3 is 0 Å². The van der Waals surface area contributed by atoms with Gasteiger partial charge in [-0.05, 0) is 11.1 Å². The minimum absolute atomic E-state index is 0.445. The Kier molecular flexibility index (Phi) is 3.47. The molecule has 0 bridgehead atoms. The van der Waals surface area contributed by atoms with E-state index in [1.807, 2.05) is 12.1 Å². The van der Waals surface area contributed by atoms with Gasteiger partial charge in [0.15, 0.2) is 5.54 Å². The van der Waals surface area contributed by atoms with Gasteiger partial charge in [0.05, 0.1) is 16.1 Å². The number of amides is 3. The molecule has 0 aliphatic carbocycles. The molecule has 0 saturated carbocycles. The zero-order chi connectivity index (χ0) is 15.0. The lowest BCUT2D eigenvalue weighted by molar-refractivity contribution is -0.127. The lowest BCUT2D eigenvalue weighted by atomic mass is 9.83. The number of halogens is 2. The molecule has 0 atom stereocenters. The van der Waals surface area contributed by atoms with E-state index in [1.165, 1.54) is 0 Å². The average Bonchev–Trinajstić information content (AvgIpc) is 2.71. The molecular weight excluding hydrogens is 356 g/mol. The van der Waals surface area contributed by atoms with E-state index < -0.39 is 17.5 Å². The maximum atomic E-state index is 12.8. The van der Waals surface area contributed by atoms with Crippen molar-refractivity contribution in [1.82, 2.24) is 8.34 Å². The fraction of sp³-hybridized carbons (Fsp3) is 0.0667. The third-order valence-electron chi connectivity index (χ3n) is 3.50. The topological polar surface area (TPSA) is 40.6 Å². The molecule has 1 aliphatic heterocycles. The van der Waals surface area contributed by atoms with E-state index in [-0.39, 0.29) is 0 Å². The van der Waals surface area contributed by atoms with E-state index >= 15 is 0 Å². The van der Waals surface area contributed by atoms with Crippen LogP contribution >= 0.6 is 27.9 Å². The average molecular weight is 366 g/mol. The first-order chi connectivity index (χ1) is 10.1. The molecule has 0 radical (unpaired) electrons. The van der Waals surface area contributed by atoms with Crippen molar-refractivity contribution in [3.8, 4) is 0 Å². The zero-order valence-corrected chi connectivity index (χ0v) is 13.1. The number of imide groups is 1. The van der Waals surface area contributed by atoms with E-state index in [1.54, 1.807) is 48.5 Å². The lowest BCUT2D eigenvalue weighted by Crippen LogP contribution is -2.43. The van der Waals surface area contributed by atoms with Gasteiger partial charge >= 0.3 is 6.03 Å². The van der Waals surface area contributed by atoms with Gasteiger partial charge in [0.2, 0.25) is 0 Å². The van der Waals surface area contributed by atoms with Crippen LogP contribution in [0, 0.1) is 0 Å². The summed E-state index contributed by atoms with van der Waals surface area (Å²) in [6.45, 7) is 0. The summed E-state index contributed by atoms with van der Waals surface area (Å²) in [5.74, 6) is -0.445. The van der Waals surface area contributed by atoms with Crippen LogP contribution in [0.2, 0.25) is 0 Å². The Hall–Kier alpha value is -1.85. The second kappa shape index (κ2) is 5.16. The zero-order valence-electron chi connectivity index (χ0n) is 10.7. The fourth-order valence-corrected chi connectivity index (χ4v) is 3.38. The van der Waals surface area contributed by atoms with Crippen LogP contribution in [0.15, 0.2) is 60.7 Å². The maximum Gasteiger partial charge on any atom is 0.353 e. The lowest BCUT2D eigenvalue weighted by Gasteiger charge is -2.31. The van der Waals surface area contributed by atoms with Gasteiger partial charge in [0, 0.05) is 11.8 Å². The van der Waals surface area contributed by atoms with Gasteiger partial charge in [0.25, 0.3) is 5.91 Å². The summed E-state index contributed by atoms with van der Waals surface area (Å²) >= 11 is 9.22. The minimum atomic E-state index is -1.37. The van der Waals surface area contributed by atoms with Crippen LogP contribution in [-0.4, -0.2) is 20.3 Å². The minimum Gasteiger partial charge on any atom is -0.270 e. The Morgan fingerprint density at radius 1 is 0.857 bits per heavy atom.